The number of nitrogens with one attached hydrogen (secondary N) is 1. The van der Waals surface area contributed by atoms with Crippen LogP contribution in [0.15, 0.2) is 95.7 Å². The smallest absolute Gasteiger partial charge is 0.408 e. The Hall–Kier alpha value is -5.43. The molecule has 1 amide bonds. The van der Waals surface area contributed by atoms with Gasteiger partial charge in [0.2, 0.25) is 18.2 Å². The van der Waals surface area contributed by atoms with Gasteiger partial charge in [-0.15, -0.1) is 0 Å². The van der Waals surface area contributed by atoms with Gasteiger partial charge in [0.25, 0.3) is 0 Å². The number of methoxy groups -OCH3 is 2. The summed E-state index contributed by atoms with van der Waals surface area (Å²) in [6, 6.07) is 23.4. The van der Waals surface area contributed by atoms with Gasteiger partial charge in [0.1, 0.15) is 34.3 Å². The monoisotopic (exact) mass is 802 g/mol. The number of rotatable bonds is 14. The largest absolute Gasteiger partial charge is 0.493 e. The molecule has 2 aromatic heterocycles. The van der Waals surface area contributed by atoms with Crippen LogP contribution in [0, 0.1) is 5.92 Å². The molecule has 3 saturated heterocycles. The summed E-state index contributed by atoms with van der Waals surface area (Å²) in [6.07, 6.45) is 4.26. The Bertz CT molecular complexity index is 2150. The number of piperidine rings is 3. The summed E-state index contributed by atoms with van der Waals surface area (Å²) in [5, 5.41) is 23.7. The van der Waals surface area contributed by atoms with Gasteiger partial charge in [0, 0.05) is 28.3 Å². The third-order valence-electron chi connectivity index (χ3n) is 10.5. The number of alkyl carbamates (subject to hydrolysis) is 1. The van der Waals surface area contributed by atoms with Gasteiger partial charge < -0.3 is 33.8 Å². The average molecular weight is 804 g/mol. The van der Waals surface area contributed by atoms with Crippen molar-refractivity contribution >= 4 is 35.3 Å². The van der Waals surface area contributed by atoms with Gasteiger partial charge in [0.05, 0.1) is 20.3 Å². The van der Waals surface area contributed by atoms with Gasteiger partial charge in [0.15, 0.2) is 11.5 Å². The minimum atomic E-state index is -1.27. The molecule has 56 heavy (non-hydrogen) atoms. The number of aromatic nitrogens is 1. The number of halogens is 2. The lowest BCUT2D eigenvalue weighted by atomic mass is 9.85. The highest BCUT2D eigenvalue weighted by molar-refractivity contribution is 6.35. The summed E-state index contributed by atoms with van der Waals surface area (Å²) in [6.45, 7) is 2.80. The Morgan fingerprint density at radius 1 is 0.911 bits per heavy atom. The molecule has 12 nitrogen and oxygen atoms in total. The third kappa shape index (κ3) is 8.67. The number of fused-ring (bicyclic) bond motifs is 3. The van der Waals surface area contributed by atoms with E-state index in [-0.39, 0.29) is 40.7 Å². The molecule has 3 aromatic carbocycles. The van der Waals surface area contributed by atoms with Gasteiger partial charge >= 0.3 is 12.1 Å². The SMILES string of the molecule is COc1ccc([C@H](Cc2c(Cl)c[n+](O)cc2Cl)c2cc(COc3ccc(C(NC(=O)O[C@H]4CN5CCC4CC5)c4ccccc4)cc3)oc2C(=O)O)cc1OC. The van der Waals surface area contributed by atoms with E-state index in [4.69, 9.17) is 46.6 Å². The normalized spacial score (nSPS) is 18.5. The third-order valence-corrected chi connectivity index (χ3v) is 11.2. The van der Waals surface area contributed by atoms with Crippen molar-refractivity contribution in [3.05, 3.63) is 141 Å². The second-order valence-electron chi connectivity index (χ2n) is 13.9. The standard InChI is InChI=1S/C42H41Cl2N3O9/c1-52-36-13-10-28(18-37(36)53-2)31(20-33-34(43)21-47(51)22-35(33)44)32-19-30(55-40(32)41(48)49)24-54-29-11-8-27(9-12-29)39(26-6-4-3-5-7-26)45-42(50)56-38-23-46-16-14-25(38)15-17-46/h3-13,18-19,21-22,25,31,38-39H,14-17,20,23-24H2,1-2H3,(H2-,45,48,49,50,51)/p+1/t31-,38-,39?/m0/s1. The van der Waals surface area contributed by atoms with Crippen molar-refractivity contribution < 1.29 is 48.0 Å². The van der Waals surface area contributed by atoms with E-state index in [0.29, 0.717) is 39.9 Å². The highest BCUT2D eigenvalue weighted by Gasteiger charge is 2.37. The van der Waals surface area contributed by atoms with Crippen LogP contribution in [0.2, 0.25) is 10.0 Å². The molecule has 1 unspecified atom stereocenters. The Labute approximate surface area is 334 Å². The van der Waals surface area contributed by atoms with Crippen LogP contribution < -0.4 is 24.3 Å². The minimum absolute atomic E-state index is 0.0814. The first-order valence-electron chi connectivity index (χ1n) is 18.2. The fourth-order valence-corrected chi connectivity index (χ4v) is 8.23. The molecule has 14 heteroatoms. The van der Waals surface area contributed by atoms with Crippen molar-refractivity contribution in [3.8, 4) is 17.2 Å². The molecule has 3 fully saturated rings. The molecule has 2 bridgehead atoms. The van der Waals surface area contributed by atoms with E-state index in [1.165, 1.54) is 26.6 Å². The van der Waals surface area contributed by atoms with Gasteiger partial charge in [-0.25, -0.2) is 9.59 Å². The zero-order chi connectivity index (χ0) is 39.3. The number of carboxylic acid groups (broad SMARTS) is 1. The fraction of sp³-hybridized carbons (Fsp3) is 0.310. The van der Waals surface area contributed by atoms with Gasteiger partial charge in [-0.2, -0.15) is 0 Å². The summed E-state index contributed by atoms with van der Waals surface area (Å²) in [4.78, 5) is 28.2. The number of carboxylic acids is 1. The highest BCUT2D eigenvalue weighted by Crippen LogP contribution is 2.40. The maximum atomic E-state index is 13.2. The molecular weight excluding hydrogens is 761 g/mol. The molecule has 3 atom stereocenters. The summed E-state index contributed by atoms with van der Waals surface area (Å²) < 4.78 is 29.7. The lowest BCUT2D eigenvalue weighted by molar-refractivity contribution is -0.904. The number of hydrogen-bond donors (Lipinski definition) is 3. The number of amides is 1. The Kier molecular flexibility index (Phi) is 11.9. The van der Waals surface area contributed by atoms with E-state index in [0.717, 1.165) is 48.3 Å². The Morgan fingerprint density at radius 2 is 1.57 bits per heavy atom. The number of ether oxygens (including phenoxy) is 4. The summed E-state index contributed by atoms with van der Waals surface area (Å²) in [7, 11) is 3.03. The number of benzene rings is 3. The first-order chi connectivity index (χ1) is 27.1. The summed E-state index contributed by atoms with van der Waals surface area (Å²) in [5.41, 5.74) is 3.24. The number of nitrogens with zero attached hydrogens (tertiary/aromatic N) is 2. The minimum Gasteiger partial charge on any atom is -0.493 e. The molecule has 5 aromatic rings. The van der Waals surface area contributed by atoms with E-state index in [1.54, 1.807) is 36.4 Å². The van der Waals surface area contributed by atoms with Crippen LogP contribution in [0.5, 0.6) is 17.2 Å². The zero-order valence-electron chi connectivity index (χ0n) is 30.8. The second kappa shape index (κ2) is 17.2. The van der Waals surface area contributed by atoms with Crippen LogP contribution in [-0.4, -0.2) is 67.2 Å². The van der Waals surface area contributed by atoms with Crippen molar-refractivity contribution in [1.82, 2.24) is 10.2 Å². The number of aromatic carboxylic acids is 1. The predicted octanol–water partition coefficient (Wildman–Crippen LogP) is 7.69. The quantitative estimate of drug-likeness (QED) is 0.0756. The topological polar surface area (TPSA) is 144 Å². The lowest BCUT2D eigenvalue weighted by Gasteiger charge is -2.43. The molecular formula is C42H42Cl2N3O9+. The molecule has 292 valence electrons. The van der Waals surface area contributed by atoms with Gasteiger partial charge in [-0.05, 0) is 85.3 Å². The van der Waals surface area contributed by atoms with Crippen LogP contribution in [0.4, 0.5) is 4.79 Å². The van der Waals surface area contributed by atoms with E-state index < -0.39 is 24.0 Å². The second-order valence-corrected chi connectivity index (χ2v) is 14.7. The number of carbonyl (C=O) groups is 2. The number of pyridine rings is 1. The molecule has 0 saturated carbocycles. The van der Waals surface area contributed by atoms with Crippen molar-refractivity contribution in [2.45, 2.75) is 43.9 Å². The first kappa shape index (κ1) is 38.8. The lowest BCUT2D eigenvalue weighted by Crippen LogP contribution is -2.52. The molecule has 0 radical (unpaired) electrons. The van der Waals surface area contributed by atoms with Gasteiger partial charge in [-0.3, -0.25) is 10.1 Å². The maximum absolute atomic E-state index is 13.2. The van der Waals surface area contributed by atoms with E-state index in [9.17, 15) is 19.9 Å². The number of furan rings is 1. The fourth-order valence-electron chi connectivity index (χ4n) is 7.62. The van der Waals surface area contributed by atoms with Crippen molar-refractivity contribution in [2.24, 2.45) is 5.92 Å². The molecule has 0 aliphatic carbocycles. The summed E-state index contributed by atoms with van der Waals surface area (Å²) in [5.74, 6) is -0.0908. The van der Waals surface area contributed by atoms with Crippen LogP contribution >= 0.6 is 23.2 Å². The molecule has 3 N–H and O–H groups in total. The highest BCUT2D eigenvalue weighted by atomic mass is 35.5. The van der Waals surface area contributed by atoms with Crippen molar-refractivity contribution in [1.29, 1.82) is 0 Å². The number of carbonyl (C=O) groups excluding carboxylic acids is 1. The van der Waals surface area contributed by atoms with E-state index in [2.05, 4.69) is 10.2 Å². The van der Waals surface area contributed by atoms with Crippen LogP contribution in [0.1, 0.15) is 68.9 Å². The Morgan fingerprint density at radius 3 is 2.20 bits per heavy atom. The van der Waals surface area contributed by atoms with Crippen LogP contribution in [0.25, 0.3) is 0 Å². The molecule has 3 aliphatic rings. The molecule has 5 heterocycles. The Balaban J connectivity index is 1.11. The average Bonchev–Trinajstić information content (AvgIpc) is 3.64. The predicted molar refractivity (Wildman–Crippen MR) is 206 cm³/mol. The van der Waals surface area contributed by atoms with Crippen molar-refractivity contribution in [2.75, 3.05) is 33.9 Å². The van der Waals surface area contributed by atoms with Crippen molar-refractivity contribution in [3.63, 3.8) is 0 Å². The zero-order valence-corrected chi connectivity index (χ0v) is 32.3. The first-order valence-corrected chi connectivity index (χ1v) is 19.0. The summed E-state index contributed by atoms with van der Waals surface area (Å²) >= 11 is 13.1. The number of hydrogen-bond acceptors (Lipinski definition) is 9. The maximum Gasteiger partial charge on any atom is 0.408 e. The molecule has 0 spiro atoms. The van der Waals surface area contributed by atoms with Crippen LogP contribution in [0.3, 0.4) is 0 Å². The molecule has 3 aliphatic heterocycles. The van der Waals surface area contributed by atoms with E-state index in [1.807, 2.05) is 42.5 Å². The van der Waals surface area contributed by atoms with E-state index >= 15 is 0 Å². The van der Waals surface area contributed by atoms with Crippen LogP contribution in [-0.2, 0) is 17.8 Å². The van der Waals surface area contributed by atoms with Gasteiger partial charge in [-0.1, -0.05) is 71.7 Å². The molecule has 8 rings (SSSR count).